The van der Waals surface area contributed by atoms with Crippen LogP contribution in [0.15, 0.2) is 53.5 Å². The molecule has 416 valence electrons. The maximum absolute atomic E-state index is 17.3. The normalized spacial score (nSPS) is 25.3. The highest BCUT2D eigenvalue weighted by molar-refractivity contribution is 6.02. The molecule has 79 heavy (non-hydrogen) atoms. The lowest BCUT2D eigenvalue weighted by Gasteiger charge is -2.38. The SMILES string of the molecule is CCc1c(F)ccc2cc(O)cc(-c3ncc4c(N5CC6CCC(C5)N6)nc(OC[C@@]56CCCN5[C@H](COC(=O)N5CCC(CN7CCC(c8ccc9c(c8)n(C)c(=O)n9C8CCC(=O)NC8=O)CC7)CC5)CC6)nc4c3F)c12. The van der Waals surface area contributed by atoms with Crippen LogP contribution in [0.4, 0.5) is 19.4 Å². The second-order valence-corrected chi connectivity index (χ2v) is 23.5. The number of aryl methyl sites for hydroxylation is 2. The zero-order chi connectivity index (χ0) is 54.3. The molecular formula is C59H69F2N11O7. The number of nitrogens with zero attached hydrogens (tertiary/aromatic N) is 9. The van der Waals surface area contributed by atoms with Gasteiger partial charge < -0.3 is 34.6 Å². The number of aromatic hydroxyl groups is 1. The van der Waals surface area contributed by atoms with Crippen LogP contribution in [0.1, 0.15) is 107 Å². The first kappa shape index (κ1) is 51.7. The van der Waals surface area contributed by atoms with Gasteiger partial charge in [0.05, 0.1) is 22.0 Å². The number of imide groups is 1. The van der Waals surface area contributed by atoms with Gasteiger partial charge in [-0.05, 0) is 161 Å². The number of likely N-dealkylation sites (tertiary alicyclic amines) is 2. The van der Waals surface area contributed by atoms with E-state index >= 15 is 8.78 Å². The molecule has 7 saturated heterocycles. The Bertz CT molecular complexity index is 3450. The number of hydrogen-bond acceptors (Lipinski definition) is 14. The van der Waals surface area contributed by atoms with Gasteiger partial charge in [-0.3, -0.25) is 33.9 Å². The monoisotopic (exact) mass is 1080 g/mol. The van der Waals surface area contributed by atoms with Gasteiger partial charge in [0.2, 0.25) is 11.8 Å². The van der Waals surface area contributed by atoms with Crippen molar-refractivity contribution in [3.63, 3.8) is 0 Å². The predicted molar refractivity (Wildman–Crippen MR) is 293 cm³/mol. The van der Waals surface area contributed by atoms with E-state index in [0.717, 1.165) is 95.9 Å². The number of piperazine rings is 1. The summed E-state index contributed by atoms with van der Waals surface area (Å²) in [6.07, 6.45) is 11.7. The van der Waals surface area contributed by atoms with Gasteiger partial charge in [0.25, 0.3) is 0 Å². The lowest BCUT2D eigenvalue weighted by Crippen LogP contribution is -2.51. The second kappa shape index (κ2) is 20.7. The number of halogens is 2. The number of hydrogen-bond donors (Lipinski definition) is 3. The number of benzene rings is 3. The van der Waals surface area contributed by atoms with Crippen LogP contribution >= 0.6 is 0 Å². The summed E-state index contributed by atoms with van der Waals surface area (Å²) < 4.78 is 48.4. The number of carbonyl (C=O) groups excluding carboxylic acids is 3. The fourth-order valence-corrected chi connectivity index (χ4v) is 14.7. The number of phenolic OH excluding ortho intramolecular Hbond substituents is 1. The molecule has 6 aromatic rings. The number of pyridine rings is 1. The molecule has 2 bridgehead atoms. The number of amides is 3. The molecule has 0 radical (unpaired) electrons. The highest BCUT2D eigenvalue weighted by Crippen LogP contribution is 2.44. The molecule has 3 amide bonds. The molecule has 5 atom stereocenters. The van der Waals surface area contributed by atoms with E-state index in [0.29, 0.717) is 90.5 Å². The van der Waals surface area contributed by atoms with E-state index in [1.165, 1.54) is 22.3 Å². The first-order valence-corrected chi connectivity index (χ1v) is 28.7. The molecule has 3 aromatic carbocycles. The highest BCUT2D eigenvalue weighted by atomic mass is 19.1. The number of imidazole rings is 1. The van der Waals surface area contributed by atoms with Gasteiger partial charge in [-0.15, -0.1) is 0 Å². The fourth-order valence-electron chi connectivity index (χ4n) is 14.7. The summed E-state index contributed by atoms with van der Waals surface area (Å²) in [6, 6.07) is 12.0. The van der Waals surface area contributed by atoms with Crippen LogP contribution in [0.5, 0.6) is 11.8 Å². The smallest absolute Gasteiger partial charge is 0.409 e. The topological polar surface area (TPSA) is 193 Å². The summed E-state index contributed by atoms with van der Waals surface area (Å²) in [6.45, 7) is 8.92. The molecule has 3 aromatic heterocycles. The molecule has 3 N–H and O–H groups in total. The van der Waals surface area contributed by atoms with Gasteiger partial charge in [-0.25, -0.2) is 18.4 Å². The van der Waals surface area contributed by atoms with Crippen molar-refractivity contribution in [2.24, 2.45) is 13.0 Å². The van der Waals surface area contributed by atoms with Crippen LogP contribution < -0.4 is 26.0 Å². The van der Waals surface area contributed by atoms with Gasteiger partial charge in [0.15, 0.2) is 5.82 Å². The minimum Gasteiger partial charge on any atom is -0.508 e. The Kier molecular flexibility index (Phi) is 13.5. The van der Waals surface area contributed by atoms with Crippen molar-refractivity contribution in [2.45, 2.75) is 126 Å². The minimum atomic E-state index is -0.705. The molecule has 0 aliphatic carbocycles. The van der Waals surface area contributed by atoms with Gasteiger partial charge in [0.1, 0.15) is 47.9 Å². The van der Waals surface area contributed by atoms with Gasteiger partial charge >= 0.3 is 17.8 Å². The summed E-state index contributed by atoms with van der Waals surface area (Å²) in [5.41, 5.74) is 2.82. The molecule has 10 heterocycles. The maximum atomic E-state index is 17.3. The Morgan fingerprint density at radius 1 is 0.886 bits per heavy atom. The third-order valence-corrected chi connectivity index (χ3v) is 18.9. The molecule has 13 rings (SSSR count). The number of rotatable bonds is 12. The summed E-state index contributed by atoms with van der Waals surface area (Å²) in [5.74, 6) is -0.520. The largest absolute Gasteiger partial charge is 0.508 e. The minimum absolute atomic E-state index is 0.0358. The van der Waals surface area contributed by atoms with E-state index in [2.05, 4.69) is 42.5 Å². The number of ether oxygens (including phenoxy) is 2. The van der Waals surface area contributed by atoms with E-state index in [1.54, 1.807) is 29.9 Å². The van der Waals surface area contributed by atoms with Crippen LogP contribution in [0, 0.1) is 17.6 Å². The van der Waals surface area contributed by atoms with Crippen LogP contribution in [-0.4, -0.2) is 151 Å². The van der Waals surface area contributed by atoms with Crippen LogP contribution in [-0.2, 0) is 27.8 Å². The van der Waals surface area contributed by atoms with E-state index in [-0.39, 0.29) is 82.9 Å². The van der Waals surface area contributed by atoms with Gasteiger partial charge in [-0.2, -0.15) is 9.97 Å². The zero-order valence-electron chi connectivity index (χ0n) is 45.0. The number of carbonyl (C=O) groups is 3. The van der Waals surface area contributed by atoms with Crippen molar-refractivity contribution in [3.8, 4) is 23.0 Å². The van der Waals surface area contributed by atoms with E-state index in [4.69, 9.17) is 19.4 Å². The Hall–Kier alpha value is -6.77. The summed E-state index contributed by atoms with van der Waals surface area (Å²) in [4.78, 5) is 74.9. The summed E-state index contributed by atoms with van der Waals surface area (Å²) in [5, 5.41) is 18.4. The zero-order valence-corrected chi connectivity index (χ0v) is 45.0. The van der Waals surface area contributed by atoms with Gasteiger partial charge in [-0.1, -0.05) is 19.1 Å². The molecule has 7 aliphatic rings. The van der Waals surface area contributed by atoms with Crippen molar-refractivity contribution in [1.29, 1.82) is 0 Å². The van der Waals surface area contributed by atoms with E-state index in [9.17, 15) is 24.3 Å². The highest BCUT2D eigenvalue weighted by Gasteiger charge is 2.50. The number of nitrogens with one attached hydrogen (secondary N) is 2. The van der Waals surface area contributed by atoms with Gasteiger partial charge in [0, 0.05) is 76.1 Å². The molecular weight excluding hydrogens is 1010 g/mol. The van der Waals surface area contributed by atoms with Crippen molar-refractivity contribution in [3.05, 3.63) is 81.9 Å². The number of aromatic nitrogens is 5. The number of anilines is 1. The van der Waals surface area contributed by atoms with Crippen molar-refractivity contribution in [2.75, 3.05) is 70.5 Å². The lowest BCUT2D eigenvalue weighted by molar-refractivity contribution is -0.135. The molecule has 20 heteroatoms. The molecule has 0 saturated carbocycles. The molecule has 0 spiro atoms. The predicted octanol–water partition coefficient (Wildman–Crippen LogP) is 7.07. The van der Waals surface area contributed by atoms with Crippen molar-refractivity contribution >= 4 is 56.4 Å². The standard InChI is InChI=1S/C59H69F2N11O7/c1-3-42-45(60)9-5-37-25-41(73)27-43(50(37)42)52-51(61)53-44(28-62-52)54(70-30-38-7-8-39(31-70)63-38)66-56(65-53)79-33-59-18-4-20-71(59)40(13-19-59)32-78-58(77)69-23-14-34(15-24-69)29-68-21-16-35(17-22-68)36-6-10-46-48(26-36)67(2)57(76)72(46)47-11-12-49(74)64-55(47)75/h5-6,9-10,25-28,34-35,38-40,47,63,73H,3-4,7-8,11-24,29-33H2,1-2H3,(H,64,74,75)/t38?,39?,40-,47?,59-/m0/s1. The van der Waals surface area contributed by atoms with Crippen molar-refractivity contribution < 1.29 is 37.7 Å². The third-order valence-electron chi connectivity index (χ3n) is 18.9. The fraction of sp³-hybridized carbons (Fsp3) is 0.542. The van der Waals surface area contributed by atoms with Crippen LogP contribution in [0.25, 0.3) is 44.0 Å². The number of piperidine rings is 3. The average molecular weight is 1080 g/mol. The Morgan fingerprint density at radius 2 is 1.68 bits per heavy atom. The lowest BCUT2D eigenvalue weighted by atomic mass is 9.88. The Balaban J connectivity index is 0.629. The number of fused-ring (bicyclic) bond motifs is 6. The number of phenols is 1. The molecule has 7 fully saturated rings. The molecule has 3 unspecified atom stereocenters. The quantitative estimate of drug-likeness (QED) is 0.106. The third kappa shape index (κ3) is 9.43. The van der Waals surface area contributed by atoms with Crippen LogP contribution in [0.2, 0.25) is 0 Å². The summed E-state index contributed by atoms with van der Waals surface area (Å²) in [7, 11) is 1.74. The first-order chi connectivity index (χ1) is 38.3. The Labute approximate surface area is 456 Å². The first-order valence-electron chi connectivity index (χ1n) is 28.7. The molecule has 7 aliphatic heterocycles. The summed E-state index contributed by atoms with van der Waals surface area (Å²) >= 11 is 0. The molecule has 18 nitrogen and oxygen atoms in total. The van der Waals surface area contributed by atoms with E-state index < -0.39 is 23.6 Å². The van der Waals surface area contributed by atoms with E-state index in [1.807, 2.05) is 17.9 Å². The second-order valence-electron chi connectivity index (χ2n) is 23.5. The maximum Gasteiger partial charge on any atom is 0.409 e. The Morgan fingerprint density at radius 3 is 2.46 bits per heavy atom. The average Bonchev–Trinajstić information content (AvgIpc) is 4.41. The van der Waals surface area contributed by atoms with Crippen LogP contribution in [0.3, 0.4) is 0 Å². The van der Waals surface area contributed by atoms with Crippen molar-refractivity contribution in [1.82, 2.24) is 49.4 Å².